The molecule has 3 aromatic rings. The summed E-state index contributed by atoms with van der Waals surface area (Å²) in [6.45, 7) is 3.96. The van der Waals surface area contributed by atoms with Crippen LogP contribution in [0, 0.1) is 0 Å². The summed E-state index contributed by atoms with van der Waals surface area (Å²) in [7, 11) is 0. The van der Waals surface area contributed by atoms with Gasteiger partial charge in [-0.25, -0.2) is 4.98 Å². The highest BCUT2D eigenvalue weighted by atomic mass is 32.1. The van der Waals surface area contributed by atoms with Crippen LogP contribution in [-0.4, -0.2) is 16.2 Å². The van der Waals surface area contributed by atoms with Crippen LogP contribution in [0.4, 0.5) is 11.6 Å². The van der Waals surface area contributed by atoms with E-state index < -0.39 is 0 Å². The van der Waals surface area contributed by atoms with Gasteiger partial charge < -0.3 is 5.73 Å². The number of hydrogen-bond acceptors (Lipinski definition) is 6. The van der Waals surface area contributed by atoms with Gasteiger partial charge in [0.25, 0.3) is 12.1 Å². The molecule has 0 atom stereocenters. The minimum Gasteiger partial charge on any atom is -0.397 e. The van der Waals surface area contributed by atoms with Crippen molar-refractivity contribution in [3.63, 3.8) is 0 Å². The predicted octanol–water partition coefficient (Wildman–Crippen LogP) is 2.87. The Bertz CT molecular complexity index is 960. The van der Waals surface area contributed by atoms with Crippen molar-refractivity contribution in [2.24, 2.45) is 0 Å². The average molecular weight is 358 g/mol. The normalized spacial score (nSPS) is 14.0. The standard InChI is InChI=1S/C17H19N5O2S/c1-9(2)22-8-13(24-21-22)20-16(23)15-14(18)11-7-10-5-3-4-6-12(10)19-17(11)25-15/h7-9H,3-6H2,1-2H3,(H2-,18,20,21,23)/p+1. The SMILES string of the molecule is CC(C)[n+]1cc(NC(=O)c2sc3nc4c(cc3c2N)CCCC4)on1. The molecule has 0 saturated heterocycles. The quantitative estimate of drug-likeness (QED) is 0.702. The maximum absolute atomic E-state index is 12.6. The van der Waals surface area contributed by atoms with E-state index in [1.165, 1.54) is 29.7 Å². The summed E-state index contributed by atoms with van der Waals surface area (Å²) in [5.74, 6) is -0.00617. The first kappa shape index (κ1) is 16.0. The number of nitrogens with two attached hydrogens (primary N) is 1. The predicted molar refractivity (Wildman–Crippen MR) is 95.7 cm³/mol. The molecule has 7 nitrogen and oxygen atoms in total. The number of rotatable bonds is 3. The van der Waals surface area contributed by atoms with E-state index in [2.05, 4.69) is 16.7 Å². The van der Waals surface area contributed by atoms with Crippen LogP contribution in [-0.2, 0) is 12.8 Å². The Morgan fingerprint density at radius 1 is 1.40 bits per heavy atom. The van der Waals surface area contributed by atoms with Crippen molar-refractivity contribution in [1.29, 1.82) is 0 Å². The first-order valence-corrected chi connectivity index (χ1v) is 9.25. The van der Waals surface area contributed by atoms with Gasteiger partial charge in [0.2, 0.25) is 5.27 Å². The fourth-order valence-electron chi connectivity index (χ4n) is 3.05. The third-order valence-electron chi connectivity index (χ3n) is 4.45. The van der Waals surface area contributed by atoms with Crippen LogP contribution in [0.2, 0.25) is 0 Å². The first-order chi connectivity index (χ1) is 12.0. The summed E-state index contributed by atoms with van der Waals surface area (Å²) in [6.07, 6.45) is 6.03. The Hall–Kier alpha value is -2.48. The molecule has 8 heteroatoms. The van der Waals surface area contributed by atoms with Crippen LogP contribution in [0.1, 0.15) is 53.7 Å². The molecular weight excluding hydrogens is 338 g/mol. The topological polar surface area (TPSA) is 97.9 Å². The van der Waals surface area contributed by atoms with Gasteiger partial charge in [0.15, 0.2) is 6.04 Å². The molecule has 0 fully saturated rings. The van der Waals surface area contributed by atoms with Gasteiger partial charge in [-0.2, -0.15) is 0 Å². The fraction of sp³-hybridized carbons (Fsp3) is 0.412. The lowest BCUT2D eigenvalue weighted by molar-refractivity contribution is -0.779. The molecule has 0 aliphatic heterocycles. The van der Waals surface area contributed by atoms with Gasteiger partial charge in [-0.15, -0.1) is 11.3 Å². The average Bonchev–Trinajstić information content (AvgIpc) is 3.18. The fourth-order valence-corrected chi connectivity index (χ4v) is 4.05. The van der Waals surface area contributed by atoms with Crippen LogP contribution in [0.15, 0.2) is 16.8 Å². The number of anilines is 2. The minimum atomic E-state index is -0.300. The van der Waals surface area contributed by atoms with Crippen molar-refractivity contribution < 1.29 is 14.0 Å². The second-order valence-corrected chi connectivity index (χ2v) is 7.59. The summed E-state index contributed by atoms with van der Waals surface area (Å²) in [5.41, 5.74) is 9.11. The number of aromatic nitrogens is 3. The number of thiophene rings is 1. The number of hydrogen-bond donors (Lipinski definition) is 2. The van der Waals surface area contributed by atoms with E-state index in [9.17, 15) is 4.79 Å². The zero-order valence-corrected chi connectivity index (χ0v) is 15.0. The second-order valence-electron chi connectivity index (χ2n) is 6.59. The molecule has 0 spiro atoms. The third kappa shape index (κ3) is 2.86. The van der Waals surface area contributed by atoms with Crippen LogP contribution in [0.3, 0.4) is 0 Å². The van der Waals surface area contributed by atoms with Gasteiger partial charge in [0, 0.05) is 11.1 Å². The number of aryl methyl sites for hydroxylation is 2. The molecule has 1 aliphatic carbocycles. The zero-order chi connectivity index (χ0) is 17.6. The minimum absolute atomic E-state index is 0.152. The van der Waals surface area contributed by atoms with Crippen LogP contribution < -0.4 is 15.7 Å². The third-order valence-corrected chi connectivity index (χ3v) is 5.57. The largest absolute Gasteiger partial charge is 0.397 e. The zero-order valence-electron chi connectivity index (χ0n) is 14.2. The maximum Gasteiger partial charge on any atom is 0.302 e. The molecule has 4 rings (SSSR count). The number of fused-ring (bicyclic) bond motifs is 2. The summed E-state index contributed by atoms with van der Waals surface area (Å²) in [5, 5.41) is 7.45. The molecular formula is C17H20N5O2S+. The number of carbonyl (C=O) groups excluding carboxylic acids is 1. The Morgan fingerprint density at radius 2 is 2.20 bits per heavy atom. The van der Waals surface area contributed by atoms with E-state index in [1.54, 1.807) is 10.9 Å². The van der Waals surface area contributed by atoms with Gasteiger partial charge in [-0.3, -0.25) is 14.6 Å². The molecule has 130 valence electrons. The highest BCUT2D eigenvalue weighted by Crippen LogP contribution is 2.35. The second kappa shape index (κ2) is 6.11. The molecule has 0 unspecified atom stereocenters. The number of nitrogens with zero attached hydrogens (tertiary/aromatic N) is 3. The van der Waals surface area contributed by atoms with Crippen molar-refractivity contribution in [1.82, 2.24) is 10.3 Å². The van der Waals surface area contributed by atoms with Crippen molar-refractivity contribution in [2.75, 3.05) is 11.1 Å². The van der Waals surface area contributed by atoms with E-state index in [0.29, 0.717) is 16.4 Å². The van der Waals surface area contributed by atoms with E-state index in [1.807, 2.05) is 13.8 Å². The Balaban J connectivity index is 1.65. The number of amides is 1. The van der Waals surface area contributed by atoms with Crippen LogP contribution >= 0.6 is 11.3 Å². The number of pyridine rings is 1. The highest BCUT2D eigenvalue weighted by molar-refractivity contribution is 7.21. The summed E-state index contributed by atoms with van der Waals surface area (Å²) in [6, 6.07) is 2.25. The molecule has 3 aromatic heterocycles. The van der Waals surface area contributed by atoms with Gasteiger partial charge in [-0.05, 0) is 55.8 Å². The molecule has 0 aromatic carbocycles. The van der Waals surface area contributed by atoms with Gasteiger partial charge in [0.1, 0.15) is 9.71 Å². The number of carbonyl (C=O) groups is 1. The molecule has 1 aliphatic rings. The molecule has 1 amide bonds. The van der Waals surface area contributed by atoms with E-state index in [-0.39, 0.29) is 11.9 Å². The van der Waals surface area contributed by atoms with Crippen molar-refractivity contribution in [3.8, 4) is 0 Å². The highest BCUT2D eigenvalue weighted by Gasteiger charge is 2.23. The van der Waals surface area contributed by atoms with Gasteiger partial charge in [0.05, 0.1) is 5.69 Å². The Kier molecular flexibility index (Phi) is 3.91. The van der Waals surface area contributed by atoms with Gasteiger partial charge >= 0.3 is 5.88 Å². The maximum atomic E-state index is 12.6. The van der Waals surface area contributed by atoms with E-state index >= 15 is 0 Å². The Morgan fingerprint density at radius 3 is 2.96 bits per heavy atom. The molecule has 3 N–H and O–H groups in total. The number of nitrogen functional groups attached to an aromatic ring is 1. The van der Waals surface area contributed by atoms with E-state index in [0.717, 1.165) is 28.8 Å². The van der Waals surface area contributed by atoms with Crippen LogP contribution in [0.25, 0.3) is 10.2 Å². The van der Waals surface area contributed by atoms with Gasteiger partial charge in [-0.1, -0.05) is 0 Å². The number of nitrogens with one attached hydrogen (secondary N) is 1. The Labute approximate surface area is 148 Å². The lowest BCUT2D eigenvalue weighted by Crippen LogP contribution is -2.36. The van der Waals surface area contributed by atoms with Crippen molar-refractivity contribution in [2.45, 2.75) is 45.6 Å². The lowest BCUT2D eigenvalue weighted by Gasteiger charge is -2.14. The molecule has 25 heavy (non-hydrogen) atoms. The van der Waals surface area contributed by atoms with E-state index in [4.69, 9.17) is 15.2 Å². The first-order valence-electron chi connectivity index (χ1n) is 8.43. The van der Waals surface area contributed by atoms with Crippen molar-refractivity contribution >= 4 is 39.0 Å². The lowest BCUT2D eigenvalue weighted by atomic mass is 9.95. The summed E-state index contributed by atoms with van der Waals surface area (Å²) in [4.78, 5) is 18.6. The van der Waals surface area contributed by atoms with Crippen molar-refractivity contribution in [3.05, 3.63) is 28.4 Å². The molecule has 0 bridgehead atoms. The summed E-state index contributed by atoms with van der Waals surface area (Å²) >= 11 is 1.32. The molecule has 0 radical (unpaired) electrons. The molecule has 0 saturated carbocycles. The summed E-state index contributed by atoms with van der Waals surface area (Å²) < 4.78 is 6.78. The van der Waals surface area contributed by atoms with Crippen LogP contribution in [0.5, 0.6) is 0 Å². The molecule has 3 heterocycles. The monoisotopic (exact) mass is 358 g/mol. The smallest absolute Gasteiger partial charge is 0.302 e.